The Balaban J connectivity index is 1.32. The molecule has 0 amide bonds. The lowest BCUT2D eigenvalue weighted by Gasteiger charge is -2.29. The molecule has 1 aliphatic carbocycles. The van der Waals surface area contributed by atoms with Crippen molar-refractivity contribution in [2.45, 2.75) is 51.4 Å². The van der Waals surface area contributed by atoms with E-state index in [4.69, 9.17) is 4.84 Å². The molecule has 0 aromatic carbocycles. The zero-order valence-corrected chi connectivity index (χ0v) is 9.13. The Morgan fingerprint density at radius 1 is 1.00 bits per heavy atom. The van der Waals surface area contributed by atoms with E-state index in [1.807, 2.05) is 5.92 Å². The van der Waals surface area contributed by atoms with Gasteiger partial charge in [0, 0.05) is 13.1 Å². The van der Waals surface area contributed by atoms with Crippen LogP contribution in [0.25, 0.3) is 0 Å². The van der Waals surface area contributed by atoms with E-state index >= 15 is 0 Å². The van der Waals surface area contributed by atoms with Crippen molar-refractivity contribution in [2.75, 3.05) is 19.7 Å². The number of hydrogen-bond donors (Lipinski definition) is 0. The predicted molar refractivity (Wildman–Crippen MR) is 57.7 cm³/mol. The monoisotopic (exact) mass is 196 g/mol. The van der Waals surface area contributed by atoms with E-state index < -0.39 is 0 Å². The van der Waals surface area contributed by atoms with Crippen molar-refractivity contribution in [3.63, 3.8) is 0 Å². The summed E-state index contributed by atoms with van der Waals surface area (Å²) in [5, 5.41) is 2.08. The van der Waals surface area contributed by atoms with E-state index in [-0.39, 0.29) is 0 Å². The van der Waals surface area contributed by atoms with Crippen LogP contribution in [0, 0.1) is 5.92 Å². The van der Waals surface area contributed by atoms with Crippen molar-refractivity contribution in [2.24, 2.45) is 0 Å². The summed E-state index contributed by atoms with van der Waals surface area (Å²) in [7, 11) is 0. The number of hydrogen-bond acceptors (Lipinski definition) is 2. The molecule has 2 aliphatic rings. The number of nitrogens with zero attached hydrogens (tertiary/aromatic N) is 1. The SMILES string of the molecule is C(CCON1CCC1)CC[C]1CCC1. The lowest BCUT2D eigenvalue weighted by atomic mass is 9.82. The Morgan fingerprint density at radius 3 is 2.43 bits per heavy atom. The van der Waals surface area contributed by atoms with Crippen molar-refractivity contribution < 1.29 is 4.84 Å². The molecule has 81 valence electrons. The van der Waals surface area contributed by atoms with Gasteiger partial charge < -0.3 is 0 Å². The van der Waals surface area contributed by atoms with Crippen LogP contribution >= 0.6 is 0 Å². The third-order valence-electron chi connectivity index (χ3n) is 3.32. The van der Waals surface area contributed by atoms with Gasteiger partial charge in [0.2, 0.25) is 0 Å². The Kier molecular flexibility index (Phi) is 4.26. The summed E-state index contributed by atoms with van der Waals surface area (Å²) in [6.07, 6.45) is 11.0. The van der Waals surface area contributed by atoms with Crippen LogP contribution in [0.3, 0.4) is 0 Å². The van der Waals surface area contributed by atoms with E-state index in [1.54, 1.807) is 0 Å². The van der Waals surface area contributed by atoms with Gasteiger partial charge >= 0.3 is 0 Å². The second kappa shape index (κ2) is 5.72. The van der Waals surface area contributed by atoms with Gasteiger partial charge in [-0.3, -0.25) is 4.84 Å². The highest BCUT2D eigenvalue weighted by Gasteiger charge is 2.17. The molecule has 2 rings (SSSR count). The number of unbranched alkanes of at least 4 members (excludes halogenated alkanes) is 2. The summed E-state index contributed by atoms with van der Waals surface area (Å²) < 4.78 is 0. The van der Waals surface area contributed by atoms with Crippen molar-refractivity contribution >= 4 is 0 Å². The first-order valence-electron chi connectivity index (χ1n) is 6.16. The molecule has 1 radical (unpaired) electrons. The summed E-state index contributed by atoms with van der Waals surface area (Å²) in [6, 6.07) is 0. The zero-order chi connectivity index (χ0) is 9.64. The maximum atomic E-state index is 5.55. The highest BCUT2D eigenvalue weighted by Crippen LogP contribution is 2.33. The third-order valence-corrected chi connectivity index (χ3v) is 3.32. The van der Waals surface area contributed by atoms with E-state index in [9.17, 15) is 0 Å². The molecule has 1 aliphatic heterocycles. The van der Waals surface area contributed by atoms with Crippen molar-refractivity contribution in [3.05, 3.63) is 5.92 Å². The molecular weight excluding hydrogens is 174 g/mol. The average Bonchev–Trinajstić information content (AvgIpc) is 2.03. The summed E-state index contributed by atoms with van der Waals surface area (Å²) in [5.74, 6) is 1.81. The fourth-order valence-electron chi connectivity index (χ4n) is 1.94. The van der Waals surface area contributed by atoms with Gasteiger partial charge in [0.05, 0.1) is 6.61 Å². The van der Waals surface area contributed by atoms with E-state index in [0.29, 0.717) is 0 Å². The molecule has 2 heteroatoms. The topological polar surface area (TPSA) is 12.5 Å². The van der Waals surface area contributed by atoms with E-state index in [2.05, 4.69) is 5.06 Å². The van der Waals surface area contributed by atoms with Gasteiger partial charge in [0.1, 0.15) is 0 Å². The summed E-state index contributed by atoms with van der Waals surface area (Å²) in [6.45, 7) is 3.24. The summed E-state index contributed by atoms with van der Waals surface area (Å²) >= 11 is 0. The van der Waals surface area contributed by atoms with Crippen LogP contribution in [-0.2, 0) is 4.84 Å². The standard InChI is InChI=1S/C12H22NO/c1(2-6-12-7-4-8-12)3-11-14-13-9-5-10-13/h1-11H2. The van der Waals surface area contributed by atoms with Crippen LogP contribution in [0.15, 0.2) is 0 Å². The molecule has 2 nitrogen and oxygen atoms in total. The smallest absolute Gasteiger partial charge is 0.0685 e. The molecule has 1 saturated carbocycles. The first-order valence-corrected chi connectivity index (χ1v) is 6.16. The molecule has 1 heterocycles. The maximum absolute atomic E-state index is 5.55. The normalized spacial score (nSPS) is 23.1. The van der Waals surface area contributed by atoms with Crippen LogP contribution in [0.2, 0.25) is 0 Å². The van der Waals surface area contributed by atoms with Gasteiger partial charge in [0.15, 0.2) is 0 Å². The third kappa shape index (κ3) is 3.25. The minimum Gasteiger partial charge on any atom is -0.299 e. The van der Waals surface area contributed by atoms with Crippen molar-refractivity contribution in [1.29, 1.82) is 0 Å². The molecule has 2 fully saturated rings. The number of rotatable bonds is 7. The zero-order valence-electron chi connectivity index (χ0n) is 9.13. The van der Waals surface area contributed by atoms with E-state index in [0.717, 1.165) is 19.7 Å². The Bertz CT molecular complexity index is 134. The highest BCUT2D eigenvalue weighted by atomic mass is 16.7. The Labute approximate surface area is 87.6 Å². The van der Waals surface area contributed by atoms with Gasteiger partial charge in [-0.15, -0.1) is 0 Å². The van der Waals surface area contributed by atoms with Crippen molar-refractivity contribution in [1.82, 2.24) is 5.06 Å². The minimum atomic E-state index is 0.940. The summed E-state index contributed by atoms with van der Waals surface area (Å²) in [4.78, 5) is 5.55. The van der Waals surface area contributed by atoms with Crippen molar-refractivity contribution in [3.8, 4) is 0 Å². The fourth-order valence-corrected chi connectivity index (χ4v) is 1.94. The molecule has 0 N–H and O–H groups in total. The maximum Gasteiger partial charge on any atom is 0.0685 e. The van der Waals surface area contributed by atoms with Gasteiger partial charge in [0.25, 0.3) is 0 Å². The van der Waals surface area contributed by atoms with Crippen LogP contribution in [0.4, 0.5) is 0 Å². The van der Waals surface area contributed by atoms with E-state index in [1.165, 1.54) is 51.4 Å². The summed E-state index contributed by atoms with van der Waals surface area (Å²) in [5.41, 5.74) is 0. The lowest BCUT2D eigenvalue weighted by molar-refractivity contribution is -0.197. The van der Waals surface area contributed by atoms with Gasteiger partial charge in [-0.05, 0) is 38.0 Å². The molecular formula is C12H22NO. The first kappa shape index (κ1) is 10.4. The molecule has 0 spiro atoms. The number of hydroxylamine groups is 2. The van der Waals surface area contributed by atoms with Crippen LogP contribution < -0.4 is 0 Å². The molecule has 1 saturated heterocycles. The largest absolute Gasteiger partial charge is 0.299 e. The molecule has 0 aromatic heterocycles. The van der Waals surface area contributed by atoms with Gasteiger partial charge in [-0.2, -0.15) is 5.06 Å². The molecule has 0 bridgehead atoms. The minimum absolute atomic E-state index is 0.940. The molecule has 0 aromatic rings. The van der Waals surface area contributed by atoms with Crippen LogP contribution in [0.1, 0.15) is 51.4 Å². The Hall–Kier alpha value is -0.0800. The van der Waals surface area contributed by atoms with Gasteiger partial charge in [-0.1, -0.05) is 19.3 Å². The molecule has 14 heavy (non-hydrogen) atoms. The van der Waals surface area contributed by atoms with Crippen LogP contribution in [0.5, 0.6) is 0 Å². The highest BCUT2D eigenvalue weighted by molar-refractivity contribution is 4.97. The van der Waals surface area contributed by atoms with Gasteiger partial charge in [-0.25, -0.2) is 0 Å². The second-order valence-electron chi connectivity index (χ2n) is 4.53. The second-order valence-corrected chi connectivity index (χ2v) is 4.53. The van der Waals surface area contributed by atoms with Crippen LogP contribution in [-0.4, -0.2) is 24.8 Å². The fraction of sp³-hybridized carbons (Fsp3) is 0.917. The Morgan fingerprint density at radius 2 is 1.86 bits per heavy atom. The lowest BCUT2D eigenvalue weighted by Crippen LogP contribution is -2.37. The molecule has 0 unspecified atom stereocenters. The quantitative estimate of drug-likeness (QED) is 0.580. The molecule has 0 atom stereocenters. The predicted octanol–water partition coefficient (Wildman–Crippen LogP) is 2.94. The first-order chi connectivity index (χ1) is 6.95. The average molecular weight is 196 g/mol.